The van der Waals surface area contributed by atoms with Crippen molar-refractivity contribution in [1.29, 1.82) is 0 Å². The summed E-state index contributed by atoms with van der Waals surface area (Å²) in [5.74, 6) is 0.598. The maximum atomic E-state index is 12.5. The number of H-pyrrole nitrogens is 1. The van der Waals surface area contributed by atoms with E-state index in [1.54, 1.807) is 0 Å². The molecule has 6 nitrogen and oxygen atoms in total. The lowest BCUT2D eigenvalue weighted by atomic mass is 9.84. The van der Waals surface area contributed by atoms with Crippen LogP contribution < -0.4 is 10.9 Å². The van der Waals surface area contributed by atoms with E-state index in [0.29, 0.717) is 21.9 Å². The highest BCUT2D eigenvalue weighted by atomic mass is 32.2. The maximum Gasteiger partial charge on any atom is 0.252 e. The number of anilines is 1. The Kier molecular flexibility index (Phi) is 7.39. The third-order valence-corrected chi connectivity index (χ3v) is 7.79. The second kappa shape index (κ2) is 11.0. The van der Waals surface area contributed by atoms with Gasteiger partial charge in [0.2, 0.25) is 5.91 Å². The lowest BCUT2D eigenvalue weighted by Gasteiger charge is -2.22. The first kappa shape index (κ1) is 23.5. The Bertz CT molecular complexity index is 1340. The average Bonchev–Trinajstić information content (AvgIpc) is 3.37. The topological polar surface area (TPSA) is 87.7 Å². The Hall–Kier alpha value is -3.23. The predicted octanol–water partition coefficient (Wildman–Crippen LogP) is 6.34. The van der Waals surface area contributed by atoms with Gasteiger partial charge in [-0.25, -0.2) is 9.97 Å². The van der Waals surface area contributed by atoms with Crippen LogP contribution in [0.4, 0.5) is 5.13 Å². The van der Waals surface area contributed by atoms with Gasteiger partial charge in [-0.2, -0.15) is 0 Å². The number of carbonyl (C=O) groups is 1. The molecule has 2 aromatic carbocycles. The van der Waals surface area contributed by atoms with Gasteiger partial charge in [0.25, 0.3) is 5.56 Å². The van der Waals surface area contributed by atoms with Crippen molar-refractivity contribution >= 4 is 34.1 Å². The van der Waals surface area contributed by atoms with Crippen LogP contribution in [-0.2, 0) is 4.79 Å². The molecular formula is C27H26N4O2S2. The van der Waals surface area contributed by atoms with E-state index in [1.807, 2.05) is 35.7 Å². The van der Waals surface area contributed by atoms with Crippen LogP contribution in [0.2, 0.25) is 0 Å². The van der Waals surface area contributed by atoms with E-state index in [4.69, 9.17) is 0 Å². The highest BCUT2D eigenvalue weighted by Crippen LogP contribution is 2.34. The highest BCUT2D eigenvalue weighted by molar-refractivity contribution is 7.99. The van der Waals surface area contributed by atoms with Gasteiger partial charge in [-0.15, -0.1) is 11.3 Å². The molecule has 0 bridgehead atoms. The minimum Gasteiger partial charge on any atom is -0.301 e. The molecule has 2 heterocycles. The Labute approximate surface area is 212 Å². The number of carbonyl (C=O) groups excluding carboxylic acids is 1. The first-order valence-corrected chi connectivity index (χ1v) is 13.7. The molecule has 2 aromatic heterocycles. The number of thioether (sulfide) groups is 1. The molecule has 35 heavy (non-hydrogen) atoms. The fourth-order valence-corrected chi connectivity index (χ4v) is 5.79. The molecule has 2 N–H and O–H groups in total. The lowest BCUT2D eigenvalue weighted by molar-refractivity contribution is -0.113. The third-order valence-electron chi connectivity index (χ3n) is 6.16. The summed E-state index contributed by atoms with van der Waals surface area (Å²) in [7, 11) is 0. The summed E-state index contributed by atoms with van der Waals surface area (Å²) in [5, 5.41) is 5.78. The molecular weight excluding hydrogens is 476 g/mol. The van der Waals surface area contributed by atoms with Crippen LogP contribution in [0.3, 0.4) is 0 Å². The van der Waals surface area contributed by atoms with Crippen LogP contribution in [0.5, 0.6) is 0 Å². The van der Waals surface area contributed by atoms with Gasteiger partial charge in [-0.1, -0.05) is 85.6 Å². The van der Waals surface area contributed by atoms with Crippen molar-refractivity contribution in [3.8, 4) is 22.5 Å². The summed E-state index contributed by atoms with van der Waals surface area (Å²) >= 11 is 2.59. The Morgan fingerprint density at radius 2 is 1.71 bits per heavy atom. The third kappa shape index (κ3) is 6.07. The fourth-order valence-electron chi connectivity index (χ4n) is 4.38. The molecule has 1 fully saturated rings. The number of benzene rings is 2. The van der Waals surface area contributed by atoms with E-state index in [1.165, 1.54) is 66.8 Å². The van der Waals surface area contributed by atoms with Gasteiger partial charge >= 0.3 is 0 Å². The van der Waals surface area contributed by atoms with E-state index in [-0.39, 0.29) is 17.2 Å². The molecule has 0 atom stereocenters. The van der Waals surface area contributed by atoms with E-state index in [0.717, 1.165) is 16.8 Å². The number of nitrogens with one attached hydrogen (secondary N) is 2. The number of hydrogen-bond acceptors (Lipinski definition) is 6. The first-order valence-electron chi connectivity index (χ1n) is 11.8. The molecule has 1 saturated carbocycles. The van der Waals surface area contributed by atoms with E-state index in [2.05, 4.69) is 44.5 Å². The second-order valence-corrected chi connectivity index (χ2v) is 10.5. The molecule has 1 aliphatic rings. The quantitative estimate of drug-likeness (QED) is 0.227. The molecule has 0 aliphatic heterocycles. The smallest absolute Gasteiger partial charge is 0.252 e. The summed E-state index contributed by atoms with van der Waals surface area (Å²) in [6, 6.07) is 19.6. The molecule has 0 spiro atoms. The number of aromatic amines is 1. The molecule has 1 amide bonds. The number of thiazole rings is 1. The summed E-state index contributed by atoms with van der Waals surface area (Å²) in [6.07, 6.45) is 6.57. The standard InChI is InChI=1S/C27H26N4O2S2/c32-24-15-22(20-9-5-2-6-10-20)28-26(30-24)35-17-25(33)31-27-29-23(16-34-27)21-13-11-19(12-14-21)18-7-3-1-4-8-18/h2,5-6,9-16,18H,1,3-4,7-8,17H2,(H,28,30,32)(H,29,31,33). The second-order valence-electron chi connectivity index (χ2n) is 8.63. The molecule has 8 heteroatoms. The van der Waals surface area contributed by atoms with Crippen LogP contribution in [0.25, 0.3) is 22.5 Å². The van der Waals surface area contributed by atoms with Gasteiger partial charge in [-0.3, -0.25) is 9.59 Å². The van der Waals surface area contributed by atoms with Crippen molar-refractivity contribution in [1.82, 2.24) is 15.0 Å². The minimum absolute atomic E-state index is 0.117. The predicted molar refractivity (Wildman–Crippen MR) is 143 cm³/mol. The van der Waals surface area contributed by atoms with Crippen molar-refractivity contribution in [3.05, 3.63) is 82.0 Å². The summed E-state index contributed by atoms with van der Waals surface area (Å²) < 4.78 is 0. The highest BCUT2D eigenvalue weighted by Gasteiger charge is 2.16. The molecule has 0 radical (unpaired) electrons. The number of rotatable bonds is 7. The number of amides is 1. The van der Waals surface area contributed by atoms with E-state index >= 15 is 0 Å². The van der Waals surface area contributed by atoms with Crippen LogP contribution in [0.1, 0.15) is 43.6 Å². The molecule has 1 aliphatic carbocycles. The Morgan fingerprint density at radius 1 is 0.971 bits per heavy atom. The van der Waals surface area contributed by atoms with Crippen LogP contribution >= 0.6 is 23.1 Å². The minimum atomic E-state index is -0.249. The van der Waals surface area contributed by atoms with Gasteiger partial charge in [-0.05, 0) is 24.3 Å². The molecule has 0 unspecified atom stereocenters. The van der Waals surface area contributed by atoms with E-state index in [9.17, 15) is 9.59 Å². The molecule has 4 aromatic rings. The van der Waals surface area contributed by atoms with Gasteiger partial charge in [0.05, 0.1) is 17.1 Å². The Balaban J connectivity index is 1.18. The average molecular weight is 503 g/mol. The zero-order chi connectivity index (χ0) is 24.0. The monoisotopic (exact) mass is 502 g/mol. The first-order chi connectivity index (χ1) is 17.1. The summed E-state index contributed by atoms with van der Waals surface area (Å²) in [5.41, 5.74) is 4.51. The van der Waals surface area contributed by atoms with E-state index < -0.39 is 0 Å². The normalized spacial score (nSPS) is 14.1. The molecule has 0 saturated heterocycles. The SMILES string of the molecule is O=C(CSc1nc(-c2ccccc2)cc(=O)[nH]1)Nc1nc(-c2ccc(C3CCCCC3)cc2)cs1. The van der Waals surface area contributed by atoms with Crippen molar-refractivity contribution < 1.29 is 4.79 Å². The zero-order valence-electron chi connectivity index (χ0n) is 19.2. The van der Waals surface area contributed by atoms with Gasteiger partial charge in [0.15, 0.2) is 10.3 Å². The number of nitrogens with zero attached hydrogens (tertiary/aromatic N) is 2. The summed E-state index contributed by atoms with van der Waals surface area (Å²) in [6.45, 7) is 0. The maximum absolute atomic E-state index is 12.5. The van der Waals surface area contributed by atoms with Crippen LogP contribution in [0.15, 0.2) is 76.0 Å². The number of aromatic nitrogens is 3. The van der Waals surface area contributed by atoms with Gasteiger partial charge in [0, 0.05) is 22.6 Å². The van der Waals surface area contributed by atoms with Crippen molar-refractivity contribution in [2.24, 2.45) is 0 Å². The molecule has 178 valence electrons. The summed E-state index contributed by atoms with van der Waals surface area (Å²) in [4.78, 5) is 36.3. The van der Waals surface area contributed by atoms with Crippen molar-refractivity contribution in [3.63, 3.8) is 0 Å². The largest absolute Gasteiger partial charge is 0.301 e. The van der Waals surface area contributed by atoms with Crippen LogP contribution in [0, 0.1) is 0 Å². The van der Waals surface area contributed by atoms with Crippen molar-refractivity contribution in [2.45, 2.75) is 43.2 Å². The Morgan fingerprint density at radius 3 is 2.49 bits per heavy atom. The number of hydrogen-bond donors (Lipinski definition) is 2. The molecule has 5 rings (SSSR count). The zero-order valence-corrected chi connectivity index (χ0v) is 20.8. The van der Waals surface area contributed by atoms with Crippen LogP contribution in [-0.4, -0.2) is 26.6 Å². The van der Waals surface area contributed by atoms with Gasteiger partial charge < -0.3 is 10.3 Å². The lowest BCUT2D eigenvalue weighted by Crippen LogP contribution is -2.15. The van der Waals surface area contributed by atoms with Crippen molar-refractivity contribution in [2.75, 3.05) is 11.1 Å². The fraction of sp³-hybridized carbons (Fsp3) is 0.259. The van der Waals surface area contributed by atoms with Gasteiger partial charge in [0.1, 0.15) is 0 Å².